The second kappa shape index (κ2) is 18.1. The minimum atomic E-state index is -0.935. The van der Waals surface area contributed by atoms with Crippen LogP contribution in [0.2, 0.25) is 0 Å². The van der Waals surface area contributed by atoms with Gasteiger partial charge in [0.05, 0.1) is 0 Å². The number of aryl methyl sites for hydroxylation is 1. The summed E-state index contributed by atoms with van der Waals surface area (Å²) in [6.45, 7) is 8.67. The SMILES string of the molecule is CCCCCCCCCCCCCCCCCCc1cc(C(C)(C)C)cc(C(=O)O)c1Oc1ccccc1. The molecule has 1 N–H and O–H groups in total. The van der Waals surface area contributed by atoms with Crippen LogP contribution in [-0.4, -0.2) is 11.1 Å². The molecule has 0 radical (unpaired) electrons. The van der Waals surface area contributed by atoms with E-state index in [-0.39, 0.29) is 11.0 Å². The van der Waals surface area contributed by atoms with Crippen molar-refractivity contribution in [1.29, 1.82) is 0 Å². The standard InChI is InChI=1S/C35H54O3/c1-5-6-7-8-9-10-11-12-13-14-15-16-17-18-19-21-24-29-27-30(35(2,3)4)28-32(34(36)37)33(29)38-31-25-22-20-23-26-31/h20,22-23,25-28H,5-19,21,24H2,1-4H3,(H,36,37). The maximum atomic E-state index is 12.2. The van der Waals surface area contributed by atoms with Crippen molar-refractivity contribution < 1.29 is 14.6 Å². The maximum absolute atomic E-state index is 12.2. The Hall–Kier alpha value is -2.29. The third kappa shape index (κ3) is 12.5. The van der Waals surface area contributed by atoms with E-state index in [9.17, 15) is 9.90 Å². The molecule has 3 heteroatoms. The van der Waals surface area contributed by atoms with Gasteiger partial charge in [0.15, 0.2) is 0 Å². The Balaban J connectivity index is 1.75. The van der Waals surface area contributed by atoms with Crippen LogP contribution in [0, 0.1) is 0 Å². The van der Waals surface area contributed by atoms with Gasteiger partial charge in [0, 0.05) is 0 Å². The lowest BCUT2D eigenvalue weighted by Gasteiger charge is -2.23. The number of unbranched alkanes of at least 4 members (excludes halogenated alkanes) is 15. The minimum absolute atomic E-state index is 0.126. The second-order valence-electron chi connectivity index (χ2n) is 12.0. The van der Waals surface area contributed by atoms with E-state index in [1.54, 1.807) is 6.07 Å². The van der Waals surface area contributed by atoms with Crippen molar-refractivity contribution in [2.24, 2.45) is 0 Å². The molecule has 0 amide bonds. The molecular weight excluding hydrogens is 468 g/mol. The van der Waals surface area contributed by atoms with Gasteiger partial charge in [-0.2, -0.15) is 0 Å². The molecule has 38 heavy (non-hydrogen) atoms. The van der Waals surface area contributed by atoms with Gasteiger partial charge in [0.25, 0.3) is 0 Å². The summed E-state index contributed by atoms with van der Waals surface area (Å²) in [6.07, 6.45) is 22.4. The van der Waals surface area contributed by atoms with Gasteiger partial charge in [-0.3, -0.25) is 0 Å². The summed E-state index contributed by atoms with van der Waals surface area (Å²) < 4.78 is 6.17. The molecule has 0 unspecified atom stereocenters. The number of carboxylic acid groups (broad SMARTS) is 1. The Bertz CT molecular complexity index is 911. The van der Waals surface area contributed by atoms with Crippen molar-refractivity contribution >= 4 is 5.97 Å². The van der Waals surface area contributed by atoms with Crippen LogP contribution in [0.3, 0.4) is 0 Å². The molecule has 0 aliphatic heterocycles. The molecule has 0 atom stereocenters. The lowest BCUT2D eigenvalue weighted by atomic mass is 9.84. The molecule has 0 fully saturated rings. The van der Waals surface area contributed by atoms with Crippen molar-refractivity contribution in [1.82, 2.24) is 0 Å². The lowest BCUT2D eigenvalue weighted by molar-refractivity contribution is 0.0693. The van der Waals surface area contributed by atoms with Crippen molar-refractivity contribution in [3.63, 3.8) is 0 Å². The number of carbonyl (C=O) groups is 1. The first-order valence-electron chi connectivity index (χ1n) is 15.5. The summed E-state index contributed by atoms with van der Waals surface area (Å²) in [5, 5.41) is 9.99. The summed E-state index contributed by atoms with van der Waals surface area (Å²) in [5.74, 6) is 0.236. The summed E-state index contributed by atoms with van der Waals surface area (Å²) in [7, 11) is 0. The molecule has 0 spiro atoms. The largest absolute Gasteiger partial charge is 0.478 e. The number of para-hydroxylation sites is 1. The van der Waals surface area contributed by atoms with Crippen molar-refractivity contribution in [2.45, 2.75) is 142 Å². The monoisotopic (exact) mass is 522 g/mol. The predicted octanol–water partition coefficient (Wildman–Crippen LogP) is 11.3. The molecular formula is C35H54O3. The van der Waals surface area contributed by atoms with E-state index in [0.717, 1.165) is 24.0 Å². The molecule has 0 saturated carbocycles. The summed E-state index contributed by atoms with van der Waals surface area (Å²) in [4.78, 5) is 12.2. The van der Waals surface area contributed by atoms with E-state index in [1.165, 1.54) is 96.3 Å². The van der Waals surface area contributed by atoms with Gasteiger partial charge >= 0.3 is 5.97 Å². The Morgan fingerprint density at radius 2 is 1.18 bits per heavy atom. The van der Waals surface area contributed by atoms with Gasteiger partial charge in [-0.15, -0.1) is 0 Å². The quantitative estimate of drug-likeness (QED) is 0.176. The van der Waals surface area contributed by atoms with E-state index in [0.29, 0.717) is 11.5 Å². The summed E-state index contributed by atoms with van der Waals surface area (Å²) in [6, 6.07) is 13.5. The molecule has 0 aliphatic rings. The van der Waals surface area contributed by atoms with Gasteiger partial charge in [-0.05, 0) is 47.6 Å². The highest BCUT2D eigenvalue weighted by Crippen LogP contribution is 2.35. The fourth-order valence-corrected chi connectivity index (χ4v) is 5.06. The Labute approximate surface area is 233 Å². The van der Waals surface area contributed by atoms with Gasteiger partial charge in [-0.25, -0.2) is 4.79 Å². The van der Waals surface area contributed by atoms with Gasteiger partial charge in [-0.1, -0.05) is 148 Å². The second-order valence-corrected chi connectivity index (χ2v) is 12.0. The van der Waals surface area contributed by atoms with Gasteiger partial charge < -0.3 is 9.84 Å². The molecule has 0 saturated heterocycles. The van der Waals surface area contributed by atoms with Crippen LogP contribution in [0.4, 0.5) is 0 Å². The molecule has 2 aromatic rings. The first-order valence-corrected chi connectivity index (χ1v) is 15.5. The first kappa shape index (κ1) is 31.9. The van der Waals surface area contributed by atoms with Crippen molar-refractivity contribution in [2.75, 3.05) is 0 Å². The van der Waals surface area contributed by atoms with Crippen LogP contribution < -0.4 is 4.74 Å². The highest BCUT2D eigenvalue weighted by molar-refractivity contribution is 5.92. The number of rotatable bonds is 20. The fourth-order valence-electron chi connectivity index (χ4n) is 5.06. The summed E-state index contributed by atoms with van der Waals surface area (Å²) in [5.41, 5.74) is 2.18. The van der Waals surface area contributed by atoms with Crippen LogP contribution >= 0.6 is 0 Å². The zero-order chi connectivity index (χ0) is 27.6. The van der Waals surface area contributed by atoms with E-state index in [4.69, 9.17) is 4.74 Å². The van der Waals surface area contributed by atoms with Crippen molar-refractivity contribution in [3.8, 4) is 11.5 Å². The van der Waals surface area contributed by atoms with Crippen LogP contribution in [0.25, 0.3) is 0 Å². The molecule has 2 aromatic carbocycles. The van der Waals surface area contributed by atoms with E-state index < -0.39 is 5.97 Å². The van der Waals surface area contributed by atoms with Gasteiger partial charge in [0.1, 0.15) is 17.1 Å². The molecule has 0 aromatic heterocycles. The van der Waals surface area contributed by atoms with E-state index >= 15 is 0 Å². The fraction of sp³-hybridized carbons (Fsp3) is 0.629. The third-order valence-electron chi connectivity index (χ3n) is 7.53. The molecule has 212 valence electrons. The molecule has 2 rings (SSSR count). The Kier molecular flexibility index (Phi) is 15.2. The normalized spacial score (nSPS) is 11.6. The van der Waals surface area contributed by atoms with Crippen molar-refractivity contribution in [3.05, 3.63) is 59.2 Å². The smallest absolute Gasteiger partial charge is 0.339 e. The average molecular weight is 523 g/mol. The highest BCUT2D eigenvalue weighted by atomic mass is 16.5. The number of benzene rings is 2. The summed E-state index contributed by atoms with van der Waals surface area (Å²) >= 11 is 0. The highest BCUT2D eigenvalue weighted by Gasteiger charge is 2.23. The number of hydrogen-bond acceptors (Lipinski definition) is 2. The minimum Gasteiger partial charge on any atom is -0.478 e. The van der Waals surface area contributed by atoms with Crippen LogP contribution in [0.15, 0.2) is 42.5 Å². The maximum Gasteiger partial charge on any atom is 0.339 e. The van der Waals surface area contributed by atoms with Crippen LogP contribution in [0.1, 0.15) is 152 Å². The topological polar surface area (TPSA) is 46.5 Å². The van der Waals surface area contributed by atoms with E-state index in [1.807, 2.05) is 30.3 Å². The Morgan fingerprint density at radius 3 is 1.63 bits per heavy atom. The molecule has 0 bridgehead atoms. The zero-order valence-electron chi connectivity index (χ0n) is 24.8. The average Bonchev–Trinajstić information content (AvgIpc) is 2.88. The van der Waals surface area contributed by atoms with Gasteiger partial charge in [0.2, 0.25) is 0 Å². The van der Waals surface area contributed by atoms with E-state index in [2.05, 4.69) is 33.8 Å². The van der Waals surface area contributed by atoms with Crippen LogP contribution in [0.5, 0.6) is 11.5 Å². The number of ether oxygens (including phenoxy) is 1. The number of aromatic carboxylic acids is 1. The molecule has 3 nitrogen and oxygen atoms in total. The lowest BCUT2D eigenvalue weighted by Crippen LogP contribution is -2.14. The molecule has 0 heterocycles. The van der Waals surface area contributed by atoms with Crippen LogP contribution in [-0.2, 0) is 11.8 Å². The molecule has 0 aliphatic carbocycles. The number of hydrogen-bond donors (Lipinski definition) is 1. The zero-order valence-corrected chi connectivity index (χ0v) is 24.8. The number of carboxylic acids is 1. The first-order chi connectivity index (χ1) is 18.3. The Morgan fingerprint density at radius 1 is 0.711 bits per heavy atom. The third-order valence-corrected chi connectivity index (χ3v) is 7.53. The predicted molar refractivity (Wildman–Crippen MR) is 162 cm³/mol.